The number of carbonyl (C=O) groups excluding carboxylic acids is 1. The zero-order valence-electron chi connectivity index (χ0n) is 13.1. The molecule has 1 aliphatic rings. The Balaban J connectivity index is 1.68. The Bertz CT molecular complexity index is 684. The lowest BCUT2D eigenvalue weighted by Gasteiger charge is -2.31. The Morgan fingerprint density at radius 2 is 1.74 bits per heavy atom. The summed E-state index contributed by atoms with van der Waals surface area (Å²) in [6.07, 6.45) is -1.07. The third kappa shape index (κ3) is 3.39. The van der Waals surface area contributed by atoms with Crippen molar-refractivity contribution in [3.05, 3.63) is 48.5 Å². The molecule has 0 bridgehead atoms. The van der Waals surface area contributed by atoms with E-state index in [1.807, 2.05) is 44.2 Å². The van der Waals surface area contributed by atoms with Crippen molar-refractivity contribution in [3.63, 3.8) is 0 Å². The Hall–Kier alpha value is -2.69. The van der Waals surface area contributed by atoms with Crippen molar-refractivity contribution in [2.24, 2.45) is 0 Å². The number of fused-ring (bicyclic) bond motifs is 1. The van der Waals surface area contributed by atoms with Crippen molar-refractivity contribution in [3.8, 4) is 17.2 Å². The fourth-order valence-electron chi connectivity index (χ4n) is 2.42. The van der Waals surface area contributed by atoms with Gasteiger partial charge in [-0.2, -0.15) is 0 Å². The van der Waals surface area contributed by atoms with Gasteiger partial charge in [0, 0.05) is 5.69 Å². The zero-order chi connectivity index (χ0) is 16.2. The summed E-state index contributed by atoms with van der Waals surface area (Å²) < 4.78 is 16.9. The van der Waals surface area contributed by atoms with Crippen LogP contribution in [0.1, 0.15) is 13.8 Å². The van der Waals surface area contributed by atoms with Gasteiger partial charge in [-0.1, -0.05) is 12.1 Å². The molecule has 5 nitrogen and oxygen atoms in total. The number of ether oxygens (including phenoxy) is 3. The van der Waals surface area contributed by atoms with Crippen LogP contribution in [-0.2, 0) is 4.79 Å². The average molecular weight is 313 g/mol. The second-order valence-corrected chi connectivity index (χ2v) is 5.25. The minimum atomic E-state index is -0.698. The standard InChI is InChI=1S/C18H19NO4/c1-3-21-14-10-8-13(9-11-14)19-18(20)17-12(2)22-15-6-4-5-7-16(15)23-17/h4-12,17H,3H2,1-2H3,(H,19,20). The maximum Gasteiger partial charge on any atom is 0.269 e. The van der Waals surface area contributed by atoms with Gasteiger partial charge in [-0.3, -0.25) is 4.79 Å². The highest BCUT2D eigenvalue weighted by Crippen LogP contribution is 2.33. The molecule has 3 rings (SSSR count). The van der Waals surface area contributed by atoms with Crippen LogP contribution in [0.2, 0.25) is 0 Å². The molecule has 120 valence electrons. The number of hydrogen-bond donors (Lipinski definition) is 1. The summed E-state index contributed by atoms with van der Waals surface area (Å²) in [4.78, 5) is 12.5. The molecule has 0 fully saturated rings. The molecule has 1 amide bonds. The summed E-state index contributed by atoms with van der Waals surface area (Å²) in [5, 5.41) is 2.84. The highest BCUT2D eigenvalue weighted by molar-refractivity contribution is 5.95. The van der Waals surface area contributed by atoms with E-state index >= 15 is 0 Å². The third-order valence-electron chi connectivity index (χ3n) is 3.53. The van der Waals surface area contributed by atoms with E-state index in [-0.39, 0.29) is 12.0 Å². The molecule has 5 heteroatoms. The van der Waals surface area contributed by atoms with Gasteiger partial charge in [0.15, 0.2) is 11.5 Å². The molecule has 0 saturated carbocycles. The van der Waals surface area contributed by atoms with Gasteiger partial charge in [0.05, 0.1) is 6.61 Å². The van der Waals surface area contributed by atoms with Gasteiger partial charge >= 0.3 is 0 Å². The van der Waals surface area contributed by atoms with Crippen LogP contribution < -0.4 is 19.5 Å². The topological polar surface area (TPSA) is 56.8 Å². The highest BCUT2D eigenvalue weighted by atomic mass is 16.6. The molecule has 2 aromatic carbocycles. The van der Waals surface area contributed by atoms with E-state index < -0.39 is 6.10 Å². The van der Waals surface area contributed by atoms with Crippen molar-refractivity contribution >= 4 is 11.6 Å². The lowest BCUT2D eigenvalue weighted by molar-refractivity contribution is -0.128. The fraction of sp³-hybridized carbons (Fsp3) is 0.278. The van der Waals surface area contributed by atoms with E-state index in [9.17, 15) is 4.79 Å². The molecule has 0 radical (unpaired) electrons. The quantitative estimate of drug-likeness (QED) is 0.941. The molecule has 2 unspecified atom stereocenters. The van der Waals surface area contributed by atoms with Crippen LogP contribution in [0.25, 0.3) is 0 Å². The fourth-order valence-corrected chi connectivity index (χ4v) is 2.42. The summed E-state index contributed by atoms with van der Waals surface area (Å²) in [5.41, 5.74) is 0.688. The molecular formula is C18H19NO4. The maximum atomic E-state index is 12.5. The zero-order valence-corrected chi connectivity index (χ0v) is 13.1. The number of rotatable bonds is 4. The highest BCUT2D eigenvalue weighted by Gasteiger charge is 2.34. The lowest BCUT2D eigenvalue weighted by atomic mass is 10.1. The largest absolute Gasteiger partial charge is 0.494 e. The van der Waals surface area contributed by atoms with Crippen LogP contribution in [-0.4, -0.2) is 24.7 Å². The van der Waals surface area contributed by atoms with Crippen molar-refractivity contribution < 1.29 is 19.0 Å². The molecular weight excluding hydrogens is 294 g/mol. The van der Waals surface area contributed by atoms with Gasteiger partial charge in [-0.25, -0.2) is 0 Å². The Morgan fingerprint density at radius 3 is 2.39 bits per heavy atom. The number of benzene rings is 2. The summed E-state index contributed by atoms with van der Waals surface area (Å²) >= 11 is 0. The van der Waals surface area contributed by atoms with E-state index in [4.69, 9.17) is 14.2 Å². The normalized spacial score (nSPS) is 19.0. The molecule has 1 heterocycles. The molecule has 0 spiro atoms. The molecule has 0 saturated heterocycles. The van der Waals surface area contributed by atoms with Crippen molar-refractivity contribution in [1.29, 1.82) is 0 Å². The van der Waals surface area contributed by atoms with Crippen molar-refractivity contribution in [2.45, 2.75) is 26.1 Å². The van der Waals surface area contributed by atoms with Gasteiger partial charge in [0.1, 0.15) is 11.9 Å². The van der Waals surface area contributed by atoms with Crippen molar-refractivity contribution in [1.82, 2.24) is 0 Å². The molecule has 2 atom stereocenters. The maximum absolute atomic E-state index is 12.5. The van der Waals surface area contributed by atoms with E-state index in [0.717, 1.165) is 5.75 Å². The van der Waals surface area contributed by atoms with Gasteiger partial charge in [-0.05, 0) is 50.2 Å². The first kappa shape index (κ1) is 15.2. The van der Waals surface area contributed by atoms with Gasteiger partial charge in [0.25, 0.3) is 5.91 Å². The van der Waals surface area contributed by atoms with Crippen LogP contribution in [0.4, 0.5) is 5.69 Å². The molecule has 1 N–H and O–H groups in total. The van der Waals surface area contributed by atoms with Gasteiger partial charge < -0.3 is 19.5 Å². The second kappa shape index (κ2) is 6.60. The summed E-state index contributed by atoms with van der Waals surface area (Å²) in [6, 6.07) is 14.6. The summed E-state index contributed by atoms with van der Waals surface area (Å²) in [7, 11) is 0. The molecule has 23 heavy (non-hydrogen) atoms. The average Bonchev–Trinajstić information content (AvgIpc) is 2.56. The number of hydrogen-bond acceptors (Lipinski definition) is 4. The minimum absolute atomic E-state index is 0.240. The van der Waals surface area contributed by atoms with Crippen LogP contribution in [0, 0.1) is 0 Å². The number of nitrogens with one attached hydrogen (secondary N) is 1. The lowest BCUT2D eigenvalue weighted by Crippen LogP contribution is -2.46. The first-order chi connectivity index (χ1) is 11.2. The van der Waals surface area contributed by atoms with E-state index in [1.54, 1.807) is 18.2 Å². The number of carbonyl (C=O) groups is 1. The molecule has 0 aliphatic carbocycles. The van der Waals surface area contributed by atoms with E-state index in [1.165, 1.54) is 0 Å². The molecule has 0 aromatic heterocycles. The Kier molecular flexibility index (Phi) is 4.37. The second-order valence-electron chi connectivity index (χ2n) is 5.25. The Morgan fingerprint density at radius 1 is 1.09 bits per heavy atom. The number of para-hydroxylation sites is 2. The smallest absolute Gasteiger partial charge is 0.269 e. The summed E-state index contributed by atoms with van der Waals surface area (Å²) in [5.74, 6) is 1.77. The minimum Gasteiger partial charge on any atom is -0.494 e. The first-order valence-electron chi connectivity index (χ1n) is 7.63. The van der Waals surface area contributed by atoms with Crippen molar-refractivity contribution in [2.75, 3.05) is 11.9 Å². The number of anilines is 1. The molecule has 2 aromatic rings. The predicted octanol–water partition coefficient (Wildman–Crippen LogP) is 3.25. The Labute approximate surface area is 135 Å². The van der Waals surface area contributed by atoms with Crippen LogP contribution in [0.5, 0.6) is 17.2 Å². The van der Waals surface area contributed by atoms with Gasteiger partial charge in [-0.15, -0.1) is 0 Å². The first-order valence-corrected chi connectivity index (χ1v) is 7.63. The van der Waals surface area contributed by atoms with Crippen LogP contribution in [0.3, 0.4) is 0 Å². The summed E-state index contributed by atoms with van der Waals surface area (Å²) in [6.45, 7) is 4.35. The van der Waals surface area contributed by atoms with E-state index in [2.05, 4.69) is 5.32 Å². The molecule has 1 aliphatic heterocycles. The monoisotopic (exact) mass is 313 g/mol. The predicted molar refractivity (Wildman–Crippen MR) is 87.2 cm³/mol. The third-order valence-corrected chi connectivity index (χ3v) is 3.53. The SMILES string of the molecule is CCOc1ccc(NC(=O)C2Oc3ccccc3OC2C)cc1. The van der Waals surface area contributed by atoms with E-state index in [0.29, 0.717) is 23.8 Å². The van der Waals surface area contributed by atoms with Crippen LogP contribution in [0.15, 0.2) is 48.5 Å². The van der Waals surface area contributed by atoms with Crippen LogP contribution >= 0.6 is 0 Å². The van der Waals surface area contributed by atoms with Gasteiger partial charge in [0.2, 0.25) is 6.10 Å². The number of amides is 1.